The van der Waals surface area contributed by atoms with Crippen LogP contribution >= 0.6 is 0 Å². The first-order chi connectivity index (χ1) is 12.8. The summed E-state index contributed by atoms with van der Waals surface area (Å²) >= 11 is 0. The van der Waals surface area contributed by atoms with Crippen molar-refractivity contribution in [2.75, 3.05) is 0 Å². The molecule has 0 saturated heterocycles. The van der Waals surface area contributed by atoms with E-state index in [0.717, 1.165) is 29.6 Å². The Morgan fingerprint density at radius 1 is 0.769 bits per heavy atom. The Balaban J connectivity index is 1.43. The van der Waals surface area contributed by atoms with Gasteiger partial charge in [-0.3, -0.25) is 0 Å². The third-order valence-corrected chi connectivity index (χ3v) is 8.17. The molecule has 0 aromatic carbocycles. The Morgan fingerprint density at radius 2 is 1.46 bits per heavy atom. The Bertz CT molecular complexity index is 420. The van der Waals surface area contributed by atoms with Crippen LogP contribution in [0.2, 0.25) is 0 Å². The second-order valence-corrected chi connectivity index (χ2v) is 10.1. The predicted octanol–water partition coefficient (Wildman–Crippen LogP) is 8.71. The molecule has 3 aliphatic carbocycles. The van der Waals surface area contributed by atoms with Crippen LogP contribution in [0.1, 0.15) is 123 Å². The molecule has 5 atom stereocenters. The first-order valence-electron chi connectivity index (χ1n) is 12.5. The predicted molar refractivity (Wildman–Crippen MR) is 115 cm³/mol. The smallest absolute Gasteiger partial charge is 0.0172 e. The highest BCUT2D eigenvalue weighted by Gasteiger charge is 2.40. The zero-order valence-electron chi connectivity index (χ0n) is 18.0. The van der Waals surface area contributed by atoms with Gasteiger partial charge in [-0.2, -0.15) is 0 Å². The standard InChI is InChI=1S/C26H46/c1-3-5-7-9-11-21-13-17-25-23(19-21)15-16-24-20-22(14-18-26(24)25)12-10-8-6-4-2/h15,21-22,24-26H,3-14,16-20H2,1-2H3/t21?,22-,24?,25?,26?/m0/s1. The summed E-state index contributed by atoms with van der Waals surface area (Å²) in [6.45, 7) is 4.66. The highest BCUT2D eigenvalue weighted by molar-refractivity contribution is 5.17. The van der Waals surface area contributed by atoms with Crippen molar-refractivity contribution < 1.29 is 0 Å². The summed E-state index contributed by atoms with van der Waals surface area (Å²) in [5.74, 6) is 5.22. The summed E-state index contributed by atoms with van der Waals surface area (Å²) in [6.07, 6.45) is 28.0. The molecule has 0 spiro atoms. The first kappa shape index (κ1) is 20.5. The summed E-state index contributed by atoms with van der Waals surface area (Å²) in [6, 6.07) is 0. The van der Waals surface area contributed by atoms with Crippen LogP contribution in [-0.4, -0.2) is 0 Å². The van der Waals surface area contributed by atoms with Gasteiger partial charge in [-0.25, -0.2) is 0 Å². The van der Waals surface area contributed by atoms with Crippen molar-refractivity contribution in [3.8, 4) is 0 Å². The Hall–Kier alpha value is -0.260. The third kappa shape index (κ3) is 5.62. The van der Waals surface area contributed by atoms with Gasteiger partial charge in [-0.05, 0) is 68.1 Å². The van der Waals surface area contributed by atoms with Gasteiger partial charge in [-0.15, -0.1) is 0 Å². The van der Waals surface area contributed by atoms with Gasteiger partial charge in [0.05, 0.1) is 0 Å². The molecule has 0 aromatic heterocycles. The van der Waals surface area contributed by atoms with Crippen molar-refractivity contribution in [2.45, 2.75) is 123 Å². The maximum Gasteiger partial charge on any atom is -0.0172 e. The molecular formula is C26H46. The SMILES string of the molecule is CCCCCCC1CCC2C(=CCC3C[C@@H](CCCCCC)CCC32)C1. The average Bonchev–Trinajstić information content (AvgIpc) is 2.68. The number of unbranched alkanes of at least 4 members (excludes halogenated alkanes) is 6. The molecular weight excluding hydrogens is 312 g/mol. The fraction of sp³-hybridized carbons (Fsp3) is 0.923. The number of hydrogen-bond acceptors (Lipinski definition) is 0. The van der Waals surface area contributed by atoms with Crippen molar-refractivity contribution in [3.05, 3.63) is 11.6 Å². The number of fused-ring (bicyclic) bond motifs is 3. The number of allylic oxidation sites excluding steroid dienone is 2. The summed E-state index contributed by atoms with van der Waals surface area (Å²) < 4.78 is 0. The number of rotatable bonds is 10. The summed E-state index contributed by atoms with van der Waals surface area (Å²) in [4.78, 5) is 0. The van der Waals surface area contributed by atoms with Crippen LogP contribution in [0, 0.1) is 29.6 Å². The second kappa shape index (κ2) is 10.9. The molecule has 2 fully saturated rings. The molecule has 0 heterocycles. The van der Waals surface area contributed by atoms with Gasteiger partial charge in [0.15, 0.2) is 0 Å². The van der Waals surface area contributed by atoms with Gasteiger partial charge in [0.25, 0.3) is 0 Å². The molecule has 0 heteroatoms. The summed E-state index contributed by atoms with van der Waals surface area (Å²) in [5.41, 5.74) is 1.92. The Morgan fingerprint density at radius 3 is 2.19 bits per heavy atom. The topological polar surface area (TPSA) is 0 Å². The summed E-state index contributed by atoms with van der Waals surface area (Å²) in [7, 11) is 0. The minimum Gasteiger partial charge on any atom is -0.0847 e. The van der Waals surface area contributed by atoms with E-state index in [1.165, 1.54) is 89.9 Å². The van der Waals surface area contributed by atoms with Crippen LogP contribution in [0.25, 0.3) is 0 Å². The molecule has 0 nitrogen and oxygen atoms in total. The lowest BCUT2D eigenvalue weighted by Crippen LogP contribution is -2.36. The van der Waals surface area contributed by atoms with Crippen molar-refractivity contribution >= 4 is 0 Å². The van der Waals surface area contributed by atoms with Crippen LogP contribution in [0.3, 0.4) is 0 Å². The monoisotopic (exact) mass is 358 g/mol. The fourth-order valence-electron chi connectivity index (χ4n) is 6.63. The van der Waals surface area contributed by atoms with Crippen molar-refractivity contribution in [1.29, 1.82) is 0 Å². The van der Waals surface area contributed by atoms with Crippen LogP contribution in [0.15, 0.2) is 11.6 Å². The van der Waals surface area contributed by atoms with E-state index in [9.17, 15) is 0 Å². The largest absolute Gasteiger partial charge is 0.0847 e. The van der Waals surface area contributed by atoms with E-state index in [-0.39, 0.29) is 0 Å². The lowest BCUT2D eigenvalue weighted by molar-refractivity contribution is 0.100. The molecule has 0 radical (unpaired) electrons. The minimum absolute atomic E-state index is 1.00. The van der Waals surface area contributed by atoms with Gasteiger partial charge < -0.3 is 0 Å². The van der Waals surface area contributed by atoms with Crippen LogP contribution in [-0.2, 0) is 0 Å². The highest BCUT2D eigenvalue weighted by atomic mass is 14.5. The average molecular weight is 359 g/mol. The van der Waals surface area contributed by atoms with E-state index in [0.29, 0.717) is 0 Å². The van der Waals surface area contributed by atoms with Gasteiger partial charge in [0.2, 0.25) is 0 Å². The van der Waals surface area contributed by atoms with E-state index in [2.05, 4.69) is 19.9 Å². The molecule has 0 bridgehead atoms. The van der Waals surface area contributed by atoms with E-state index in [1.54, 1.807) is 19.3 Å². The molecule has 2 saturated carbocycles. The molecule has 0 aliphatic heterocycles. The van der Waals surface area contributed by atoms with Crippen LogP contribution in [0.5, 0.6) is 0 Å². The zero-order valence-corrected chi connectivity index (χ0v) is 18.0. The van der Waals surface area contributed by atoms with Crippen LogP contribution in [0.4, 0.5) is 0 Å². The van der Waals surface area contributed by atoms with Gasteiger partial charge in [-0.1, -0.05) is 96.1 Å². The Labute approximate surface area is 164 Å². The summed E-state index contributed by atoms with van der Waals surface area (Å²) in [5, 5.41) is 0. The molecule has 0 N–H and O–H groups in total. The number of hydrogen-bond donors (Lipinski definition) is 0. The Kier molecular flexibility index (Phi) is 8.60. The first-order valence-corrected chi connectivity index (χ1v) is 12.5. The van der Waals surface area contributed by atoms with Gasteiger partial charge >= 0.3 is 0 Å². The lowest BCUT2D eigenvalue weighted by atomic mass is 9.58. The van der Waals surface area contributed by atoms with E-state index in [1.807, 2.05) is 5.57 Å². The van der Waals surface area contributed by atoms with Gasteiger partial charge in [0.1, 0.15) is 0 Å². The minimum atomic E-state index is 1.00. The van der Waals surface area contributed by atoms with E-state index >= 15 is 0 Å². The third-order valence-electron chi connectivity index (χ3n) is 8.17. The maximum atomic E-state index is 2.74. The van der Waals surface area contributed by atoms with Crippen LogP contribution < -0.4 is 0 Å². The molecule has 4 unspecified atom stereocenters. The quantitative estimate of drug-likeness (QED) is 0.270. The highest BCUT2D eigenvalue weighted by Crippen LogP contribution is 2.52. The molecule has 150 valence electrons. The zero-order chi connectivity index (χ0) is 18.2. The normalized spacial score (nSPS) is 34.1. The van der Waals surface area contributed by atoms with E-state index < -0.39 is 0 Å². The molecule has 3 rings (SSSR count). The second-order valence-electron chi connectivity index (χ2n) is 10.1. The van der Waals surface area contributed by atoms with E-state index in [4.69, 9.17) is 0 Å². The fourth-order valence-corrected chi connectivity index (χ4v) is 6.63. The van der Waals surface area contributed by atoms with Crippen molar-refractivity contribution in [2.24, 2.45) is 29.6 Å². The van der Waals surface area contributed by atoms with Crippen molar-refractivity contribution in [1.82, 2.24) is 0 Å². The lowest BCUT2D eigenvalue weighted by Gasteiger charge is -2.47. The maximum absolute atomic E-state index is 2.74. The molecule has 0 aromatic rings. The van der Waals surface area contributed by atoms with Crippen molar-refractivity contribution in [3.63, 3.8) is 0 Å². The molecule has 3 aliphatic rings. The molecule has 26 heavy (non-hydrogen) atoms. The van der Waals surface area contributed by atoms with Gasteiger partial charge in [0, 0.05) is 0 Å². The molecule has 0 amide bonds.